The fourth-order valence-electron chi connectivity index (χ4n) is 3.48. The molecule has 1 saturated carbocycles. The lowest BCUT2D eigenvalue weighted by Crippen LogP contribution is -2.41. The van der Waals surface area contributed by atoms with Gasteiger partial charge in [0.25, 0.3) is 0 Å². The second kappa shape index (κ2) is 6.71. The molecule has 1 aliphatic carbocycles. The van der Waals surface area contributed by atoms with Crippen LogP contribution in [0.5, 0.6) is 0 Å². The summed E-state index contributed by atoms with van der Waals surface area (Å²) in [5.74, 6) is 1.49. The van der Waals surface area contributed by atoms with Gasteiger partial charge in [-0.3, -0.25) is 10.3 Å². The van der Waals surface area contributed by atoms with E-state index < -0.39 is 11.7 Å². The standard InChI is InChI=1S/C18H23BrN2O2S/c1-17(2,3)23-16(22)20-15-21-18(9-5-7-13(18)11-24-15)12-6-4-8-14(19)10-12/h4,6,8,10,13H,5,7,9,11H2,1-3H3,(H,20,21,22)/t13?,18-/m1/s1. The van der Waals surface area contributed by atoms with Crippen molar-refractivity contribution in [2.45, 2.75) is 51.2 Å². The molecule has 1 fully saturated rings. The van der Waals surface area contributed by atoms with Gasteiger partial charge in [-0.1, -0.05) is 46.2 Å². The lowest BCUT2D eigenvalue weighted by Gasteiger charge is -2.36. The van der Waals surface area contributed by atoms with Crippen LogP contribution in [0.3, 0.4) is 0 Å². The molecule has 1 unspecified atom stereocenters. The number of aliphatic imine (C=N–C) groups is 1. The predicted molar refractivity (Wildman–Crippen MR) is 102 cm³/mol. The first kappa shape index (κ1) is 17.8. The number of thioether (sulfide) groups is 1. The minimum atomic E-state index is -0.512. The topological polar surface area (TPSA) is 50.7 Å². The normalized spacial score (nSPS) is 26.5. The molecule has 1 aromatic rings. The Morgan fingerprint density at radius 3 is 2.96 bits per heavy atom. The maximum Gasteiger partial charge on any atom is 0.413 e. The lowest BCUT2D eigenvalue weighted by molar-refractivity contribution is 0.0564. The molecular weight excluding hydrogens is 388 g/mol. The maximum absolute atomic E-state index is 12.1. The van der Waals surface area contributed by atoms with Gasteiger partial charge in [0.05, 0.1) is 5.54 Å². The van der Waals surface area contributed by atoms with E-state index >= 15 is 0 Å². The molecule has 0 bridgehead atoms. The van der Waals surface area contributed by atoms with Crippen molar-refractivity contribution in [2.24, 2.45) is 10.9 Å². The summed E-state index contributed by atoms with van der Waals surface area (Å²) >= 11 is 5.19. The first-order valence-electron chi connectivity index (χ1n) is 8.27. The van der Waals surface area contributed by atoms with E-state index in [1.165, 1.54) is 18.4 Å². The average molecular weight is 411 g/mol. The van der Waals surface area contributed by atoms with Crippen LogP contribution < -0.4 is 5.32 Å². The van der Waals surface area contributed by atoms with Crippen LogP contribution in [0.1, 0.15) is 45.6 Å². The van der Waals surface area contributed by atoms with Crippen LogP contribution >= 0.6 is 27.7 Å². The zero-order chi connectivity index (χ0) is 17.4. The number of nitrogens with zero attached hydrogens (tertiary/aromatic N) is 1. The zero-order valence-electron chi connectivity index (χ0n) is 14.3. The molecule has 2 atom stereocenters. The van der Waals surface area contributed by atoms with Crippen molar-refractivity contribution < 1.29 is 9.53 Å². The van der Waals surface area contributed by atoms with Gasteiger partial charge in [-0.25, -0.2) is 4.79 Å². The number of halogens is 1. The smallest absolute Gasteiger partial charge is 0.413 e. The summed E-state index contributed by atoms with van der Waals surface area (Å²) in [6.07, 6.45) is 2.94. The van der Waals surface area contributed by atoms with E-state index in [1.54, 1.807) is 11.8 Å². The van der Waals surface area contributed by atoms with E-state index in [-0.39, 0.29) is 5.54 Å². The number of alkyl carbamates (subject to hydrolysis) is 1. The fraction of sp³-hybridized carbons (Fsp3) is 0.556. The average Bonchev–Trinajstić information content (AvgIpc) is 2.89. The quantitative estimate of drug-likeness (QED) is 0.702. The molecule has 6 heteroatoms. The van der Waals surface area contributed by atoms with E-state index in [4.69, 9.17) is 9.73 Å². The Labute approximate surface area is 156 Å². The summed E-state index contributed by atoms with van der Waals surface area (Å²) < 4.78 is 6.42. The van der Waals surface area contributed by atoms with Crippen LogP contribution in [0.15, 0.2) is 33.7 Å². The Balaban J connectivity index is 1.87. The molecule has 0 saturated heterocycles. The Morgan fingerprint density at radius 2 is 2.25 bits per heavy atom. The molecular formula is C18H23BrN2O2S. The SMILES string of the molecule is CC(C)(C)OC(=O)NC1=N[C@@]2(c3cccc(Br)c3)CCCC2CS1. The molecule has 3 rings (SSSR count). The van der Waals surface area contributed by atoms with Crippen molar-refractivity contribution in [3.05, 3.63) is 34.3 Å². The molecule has 4 nitrogen and oxygen atoms in total. The molecule has 1 aliphatic heterocycles. The first-order chi connectivity index (χ1) is 11.3. The summed E-state index contributed by atoms with van der Waals surface area (Å²) in [6, 6.07) is 8.39. The molecule has 0 spiro atoms. The number of nitrogens with one attached hydrogen (secondary N) is 1. The summed E-state index contributed by atoms with van der Waals surface area (Å²) in [7, 11) is 0. The van der Waals surface area contributed by atoms with E-state index in [1.807, 2.05) is 26.8 Å². The molecule has 0 radical (unpaired) electrons. The van der Waals surface area contributed by atoms with E-state index in [9.17, 15) is 4.79 Å². The van der Waals surface area contributed by atoms with Crippen LogP contribution in [0, 0.1) is 5.92 Å². The highest BCUT2D eigenvalue weighted by Crippen LogP contribution is 2.51. The number of amidine groups is 1. The van der Waals surface area contributed by atoms with Crippen molar-refractivity contribution in [1.82, 2.24) is 5.32 Å². The summed E-state index contributed by atoms with van der Waals surface area (Å²) in [4.78, 5) is 17.1. The third kappa shape index (κ3) is 3.80. The van der Waals surface area contributed by atoms with Crippen LogP contribution in [-0.2, 0) is 10.3 Å². The molecule has 24 heavy (non-hydrogen) atoms. The number of hydrogen-bond acceptors (Lipinski definition) is 4. The molecule has 1 amide bonds. The third-order valence-corrected chi connectivity index (χ3v) is 5.97. The summed E-state index contributed by atoms with van der Waals surface area (Å²) in [6.45, 7) is 5.58. The highest BCUT2D eigenvalue weighted by Gasteiger charge is 2.47. The van der Waals surface area contributed by atoms with Gasteiger partial charge in [-0.2, -0.15) is 0 Å². The van der Waals surface area contributed by atoms with E-state index in [2.05, 4.69) is 39.4 Å². The van der Waals surface area contributed by atoms with Crippen LogP contribution in [0.4, 0.5) is 4.79 Å². The van der Waals surface area contributed by atoms with Gasteiger partial charge in [0.1, 0.15) is 5.60 Å². The zero-order valence-corrected chi connectivity index (χ0v) is 16.7. The fourth-order valence-corrected chi connectivity index (χ4v) is 5.06. The van der Waals surface area contributed by atoms with E-state index in [0.717, 1.165) is 16.6 Å². The first-order valence-corrected chi connectivity index (χ1v) is 10.1. The van der Waals surface area contributed by atoms with Crippen molar-refractivity contribution in [3.8, 4) is 0 Å². The van der Waals surface area contributed by atoms with Crippen molar-refractivity contribution in [1.29, 1.82) is 0 Å². The highest BCUT2D eigenvalue weighted by atomic mass is 79.9. The number of benzene rings is 1. The Bertz CT molecular complexity index is 671. The van der Waals surface area contributed by atoms with Crippen molar-refractivity contribution >= 4 is 39.0 Å². The van der Waals surface area contributed by atoms with Gasteiger partial charge in [0.15, 0.2) is 5.17 Å². The number of ether oxygens (including phenoxy) is 1. The highest BCUT2D eigenvalue weighted by molar-refractivity contribution is 9.10. The van der Waals surface area contributed by atoms with E-state index in [0.29, 0.717) is 11.1 Å². The van der Waals surface area contributed by atoms with Crippen molar-refractivity contribution in [2.75, 3.05) is 5.75 Å². The minimum Gasteiger partial charge on any atom is -0.444 e. The number of carbonyl (C=O) groups excluding carboxylic acids is 1. The largest absolute Gasteiger partial charge is 0.444 e. The molecule has 1 N–H and O–H groups in total. The van der Waals surface area contributed by atoms with Gasteiger partial charge >= 0.3 is 6.09 Å². The Kier molecular flexibility index (Phi) is 4.98. The summed E-state index contributed by atoms with van der Waals surface area (Å²) in [5.41, 5.74) is 0.490. The third-order valence-electron chi connectivity index (χ3n) is 4.44. The minimum absolute atomic E-state index is 0.223. The summed E-state index contributed by atoms with van der Waals surface area (Å²) in [5, 5.41) is 3.51. The van der Waals surface area contributed by atoms with Gasteiger partial charge in [0.2, 0.25) is 0 Å². The second-order valence-electron chi connectivity index (χ2n) is 7.38. The molecule has 130 valence electrons. The lowest BCUT2D eigenvalue weighted by atomic mass is 9.82. The van der Waals surface area contributed by atoms with Crippen LogP contribution in [-0.4, -0.2) is 22.6 Å². The van der Waals surface area contributed by atoms with Gasteiger partial charge < -0.3 is 4.74 Å². The Hall–Kier alpha value is -1.01. The van der Waals surface area contributed by atoms with Crippen LogP contribution in [0.25, 0.3) is 0 Å². The van der Waals surface area contributed by atoms with Gasteiger partial charge in [-0.15, -0.1) is 0 Å². The number of hydrogen-bond donors (Lipinski definition) is 1. The molecule has 1 heterocycles. The Morgan fingerprint density at radius 1 is 1.46 bits per heavy atom. The number of rotatable bonds is 1. The molecule has 1 aromatic carbocycles. The van der Waals surface area contributed by atoms with Gasteiger partial charge in [0, 0.05) is 10.2 Å². The molecule has 0 aromatic heterocycles. The maximum atomic E-state index is 12.1. The number of amides is 1. The molecule has 2 aliphatic rings. The predicted octanol–water partition coefficient (Wildman–Crippen LogP) is 5.07. The van der Waals surface area contributed by atoms with Gasteiger partial charge in [-0.05, 0) is 57.2 Å². The number of fused-ring (bicyclic) bond motifs is 1. The van der Waals surface area contributed by atoms with Crippen LogP contribution in [0.2, 0.25) is 0 Å². The monoisotopic (exact) mass is 410 g/mol. The second-order valence-corrected chi connectivity index (χ2v) is 9.30. The van der Waals surface area contributed by atoms with Crippen molar-refractivity contribution in [3.63, 3.8) is 0 Å². The number of carbonyl (C=O) groups is 1.